The highest BCUT2D eigenvalue weighted by atomic mass is 16.5. The predicted molar refractivity (Wildman–Crippen MR) is 157 cm³/mol. The van der Waals surface area contributed by atoms with Crippen LogP contribution in [0.3, 0.4) is 0 Å². The van der Waals surface area contributed by atoms with E-state index in [1.807, 2.05) is 86.8 Å². The van der Waals surface area contributed by atoms with E-state index in [0.29, 0.717) is 17.6 Å². The van der Waals surface area contributed by atoms with Gasteiger partial charge in [-0.25, -0.2) is 15.0 Å². The van der Waals surface area contributed by atoms with Gasteiger partial charge in [0.2, 0.25) is 0 Å². The topological polar surface area (TPSA) is 81.0 Å². The van der Waals surface area contributed by atoms with Crippen molar-refractivity contribution in [2.45, 2.75) is 76.9 Å². The van der Waals surface area contributed by atoms with Gasteiger partial charge in [0.15, 0.2) is 11.6 Å². The summed E-state index contributed by atoms with van der Waals surface area (Å²) in [7, 11) is 1.69. The van der Waals surface area contributed by atoms with Gasteiger partial charge < -0.3 is 9.76 Å². The lowest BCUT2D eigenvalue weighted by atomic mass is 9.82. The van der Waals surface area contributed by atoms with Crippen LogP contribution in [0.2, 0.25) is 0 Å². The van der Waals surface area contributed by atoms with Gasteiger partial charge in [0.25, 0.3) is 0 Å². The second-order valence-corrected chi connectivity index (χ2v) is 11.4. The first-order chi connectivity index (χ1) is 18.7. The molecule has 0 unspecified atom stereocenters. The molecule has 1 fully saturated rings. The minimum atomic E-state index is -0.966. The fourth-order valence-electron chi connectivity index (χ4n) is 4.57. The van der Waals surface area contributed by atoms with E-state index < -0.39 is 11.2 Å². The first-order valence-corrected chi connectivity index (χ1v) is 13.8. The molecule has 2 aromatic heterocycles. The summed E-state index contributed by atoms with van der Waals surface area (Å²) in [4.78, 5) is 19.4. The predicted octanol–water partition coefficient (Wildman–Crippen LogP) is 6.13. The largest absolute Gasteiger partial charge is 0.427 e. The van der Waals surface area contributed by atoms with Gasteiger partial charge in [-0.2, -0.15) is 0 Å². The molecule has 4 aromatic rings. The van der Waals surface area contributed by atoms with Crippen molar-refractivity contribution in [3.8, 4) is 34.0 Å². The number of aliphatic hydroxyl groups is 1. The van der Waals surface area contributed by atoms with Gasteiger partial charge in [0, 0.05) is 28.8 Å². The summed E-state index contributed by atoms with van der Waals surface area (Å²) in [6.45, 7) is 7.23. The summed E-state index contributed by atoms with van der Waals surface area (Å²) in [6, 6.07) is 22.2. The number of aromatic nitrogens is 4. The highest BCUT2D eigenvalue weighted by Gasteiger charge is 2.35. The molecule has 1 aliphatic rings. The summed E-state index contributed by atoms with van der Waals surface area (Å²) >= 11 is 0. The first-order valence-electron chi connectivity index (χ1n) is 13.8. The average Bonchev–Trinajstić information content (AvgIpc) is 2.97. The fourth-order valence-corrected chi connectivity index (χ4v) is 4.57. The van der Waals surface area contributed by atoms with Crippen LogP contribution in [0.25, 0.3) is 34.0 Å². The fraction of sp³-hybridized carbons (Fsp3) is 0.375. The molecule has 1 saturated carbocycles. The highest BCUT2D eigenvalue weighted by Crippen LogP contribution is 2.33. The molecule has 1 aliphatic carbocycles. The van der Waals surface area contributed by atoms with Crippen molar-refractivity contribution in [3.05, 3.63) is 78.8 Å². The van der Waals surface area contributed by atoms with Gasteiger partial charge in [0.05, 0.1) is 16.9 Å². The smallest absolute Gasteiger partial charge is 0.330 e. The lowest BCUT2D eigenvalue weighted by Crippen LogP contribution is -2.49. The molecule has 7 heteroatoms. The monoisotopic (exact) mass is 519 g/mol. The van der Waals surface area contributed by atoms with Crippen LogP contribution >= 0.6 is 0 Å². The van der Waals surface area contributed by atoms with Gasteiger partial charge in [-0.1, -0.05) is 79.3 Å². The lowest BCUT2D eigenvalue weighted by Gasteiger charge is -2.37. The summed E-state index contributed by atoms with van der Waals surface area (Å²) in [5.74, 6) is 2.65. The Balaban J connectivity index is 1.37. The van der Waals surface area contributed by atoms with E-state index in [2.05, 4.69) is 0 Å². The van der Waals surface area contributed by atoms with Crippen molar-refractivity contribution in [2.24, 2.45) is 0 Å². The first kappa shape index (κ1) is 27.2. The van der Waals surface area contributed by atoms with Crippen LogP contribution in [0.15, 0.2) is 72.9 Å². The third kappa shape index (κ3) is 6.43. The molecule has 5 rings (SSSR count). The number of rotatable bonds is 8. The van der Waals surface area contributed by atoms with Crippen molar-refractivity contribution in [1.82, 2.24) is 19.9 Å². The molecular weight excluding hydrogens is 483 g/mol. The van der Waals surface area contributed by atoms with Crippen molar-refractivity contribution in [1.29, 1.82) is 0 Å². The average molecular weight is 519 g/mol. The van der Waals surface area contributed by atoms with Gasteiger partial charge in [-0.15, -0.1) is 0 Å². The van der Waals surface area contributed by atoms with Crippen LogP contribution in [0.5, 0.6) is 0 Å². The SMILES string of the molecule is CC(C)(O)C(C)(C)O[B]c1ccc(-c2ccc(-c3nc(-c4ccccc4)nc(C4CCCCC4)n3)cn2)cc1. The van der Waals surface area contributed by atoms with E-state index in [0.717, 1.165) is 46.5 Å². The van der Waals surface area contributed by atoms with Gasteiger partial charge >= 0.3 is 7.48 Å². The Hall–Kier alpha value is -3.42. The minimum Gasteiger partial charge on any atom is -0.427 e. The molecule has 6 nitrogen and oxygen atoms in total. The molecule has 1 radical (unpaired) electrons. The Morgan fingerprint density at radius 3 is 2.00 bits per heavy atom. The van der Waals surface area contributed by atoms with E-state index in [1.54, 1.807) is 21.3 Å². The maximum Gasteiger partial charge on any atom is 0.330 e. The lowest BCUT2D eigenvalue weighted by molar-refractivity contribution is -0.0893. The van der Waals surface area contributed by atoms with E-state index in [1.165, 1.54) is 19.3 Å². The quantitative estimate of drug-likeness (QED) is 0.282. The second-order valence-electron chi connectivity index (χ2n) is 11.4. The minimum absolute atomic E-state index is 0.378. The molecule has 2 aromatic carbocycles. The molecule has 0 aliphatic heterocycles. The number of hydrogen-bond donors (Lipinski definition) is 1. The summed E-state index contributed by atoms with van der Waals surface area (Å²) in [6.07, 6.45) is 7.84. The van der Waals surface area contributed by atoms with Gasteiger partial charge in [-0.05, 0) is 52.7 Å². The van der Waals surface area contributed by atoms with Gasteiger partial charge in [0.1, 0.15) is 5.82 Å². The van der Waals surface area contributed by atoms with Crippen LogP contribution in [0.4, 0.5) is 0 Å². The Bertz CT molecular complexity index is 1380. The summed E-state index contributed by atoms with van der Waals surface area (Å²) in [5, 5.41) is 10.3. The van der Waals surface area contributed by atoms with Crippen molar-refractivity contribution in [2.75, 3.05) is 0 Å². The highest BCUT2D eigenvalue weighted by molar-refractivity contribution is 6.47. The van der Waals surface area contributed by atoms with Crippen molar-refractivity contribution >= 4 is 12.9 Å². The van der Waals surface area contributed by atoms with E-state index in [4.69, 9.17) is 24.6 Å². The van der Waals surface area contributed by atoms with Crippen molar-refractivity contribution in [3.63, 3.8) is 0 Å². The van der Waals surface area contributed by atoms with Gasteiger partial charge in [-0.3, -0.25) is 4.98 Å². The Morgan fingerprint density at radius 2 is 1.38 bits per heavy atom. The zero-order valence-corrected chi connectivity index (χ0v) is 23.3. The van der Waals surface area contributed by atoms with Crippen LogP contribution < -0.4 is 5.46 Å². The zero-order valence-electron chi connectivity index (χ0n) is 23.3. The molecule has 0 bridgehead atoms. The zero-order chi connectivity index (χ0) is 27.5. The third-order valence-electron chi connectivity index (χ3n) is 7.85. The van der Waals surface area contributed by atoms with Crippen LogP contribution in [0, 0.1) is 0 Å². The molecule has 2 heterocycles. The normalized spacial score (nSPS) is 14.8. The Labute approximate surface area is 232 Å². The van der Waals surface area contributed by atoms with E-state index in [9.17, 15) is 5.11 Å². The maximum atomic E-state index is 10.3. The summed E-state index contributed by atoms with van der Waals surface area (Å²) < 4.78 is 5.88. The number of pyridine rings is 1. The standard InChI is InChI=1S/C32H36BN4O2/c1-31(2,38)32(3,4)39-33-26-18-15-22(16-19-26)27-20-17-25(21-34-27)30-36-28(23-11-7-5-8-12-23)35-29(37-30)24-13-9-6-10-14-24/h5,7-8,11-12,15-21,24,38H,6,9-10,13-14H2,1-4H3. The molecule has 199 valence electrons. The second kappa shape index (κ2) is 11.4. The molecule has 1 N–H and O–H groups in total. The summed E-state index contributed by atoms with van der Waals surface area (Å²) in [5.41, 5.74) is 2.98. The number of nitrogens with zero attached hydrogens (tertiary/aromatic N) is 4. The van der Waals surface area contributed by atoms with Crippen molar-refractivity contribution < 1.29 is 9.76 Å². The van der Waals surface area contributed by atoms with Crippen LogP contribution in [-0.4, -0.2) is 43.7 Å². The van der Waals surface area contributed by atoms with Crippen LogP contribution in [0.1, 0.15) is 71.5 Å². The molecule has 0 spiro atoms. The Morgan fingerprint density at radius 1 is 0.744 bits per heavy atom. The van der Waals surface area contributed by atoms with E-state index in [-0.39, 0.29) is 0 Å². The Kier molecular flexibility index (Phi) is 7.92. The molecular formula is C32H36BN4O2. The molecule has 0 amide bonds. The van der Waals surface area contributed by atoms with Crippen LogP contribution in [-0.2, 0) is 4.65 Å². The molecule has 0 atom stereocenters. The molecule has 0 saturated heterocycles. The third-order valence-corrected chi connectivity index (χ3v) is 7.85. The number of hydrogen-bond acceptors (Lipinski definition) is 6. The molecule has 39 heavy (non-hydrogen) atoms. The van der Waals surface area contributed by atoms with E-state index >= 15 is 0 Å². The number of benzene rings is 2. The maximum absolute atomic E-state index is 10.3.